The second kappa shape index (κ2) is 6.82. The number of carbonyl (C=O) groups is 1. The normalized spacial score (nSPS) is 24.0. The summed E-state index contributed by atoms with van der Waals surface area (Å²) in [6.07, 6.45) is 4.55. The van der Waals surface area contributed by atoms with Gasteiger partial charge in [-0.15, -0.1) is 0 Å². The molecule has 0 unspecified atom stereocenters. The molecule has 0 spiro atoms. The molecule has 1 heterocycles. The molecular weight excluding hydrogens is 326 g/mol. The zero-order valence-corrected chi connectivity index (χ0v) is 14.8. The van der Waals surface area contributed by atoms with Gasteiger partial charge in [0.25, 0.3) is 0 Å². The molecule has 24 heavy (non-hydrogen) atoms. The van der Waals surface area contributed by atoms with Gasteiger partial charge in [-0.2, -0.15) is 0 Å². The maximum absolute atomic E-state index is 12.8. The van der Waals surface area contributed by atoms with Crippen LogP contribution in [0.5, 0.6) is 0 Å². The first kappa shape index (κ1) is 17.4. The van der Waals surface area contributed by atoms with Gasteiger partial charge in [0.15, 0.2) is 0 Å². The highest BCUT2D eigenvalue weighted by molar-refractivity contribution is 7.89. The van der Waals surface area contributed by atoms with Crippen LogP contribution in [0.1, 0.15) is 38.2 Å². The minimum Gasteiger partial charge on any atom is -0.330 e. The SMILES string of the molecule is CC(=O)N1CCCc2ccc(S(=O)(=O)N[C@@H]3CCC[C@H]3CN)cc21. The van der Waals surface area contributed by atoms with Crippen LogP contribution in [-0.2, 0) is 21.2 Å². The molecule has 1 aliphatic carbocycles. The van der Waals surface area contributed by atoms with Crippen molar-refractivity contribution in [3.8, 4) is 0 Å². The van der Waals surface area contributed by atoms with Crippen molar-refractivity contribution in [2.75, 3.05) is 18.0 Å². The molecule has 0 saturated heterocycles. The van der Waals surface area contributed by atoms with Crippen molar-refractivity contribution < 1.29 is 13.2 Å². The number of carbonyl (C=O) groups excluding carboxylic acids is 1. The van der Waals surface area contributed by atoms with Gasteiger partial charge in [0.2, 0.25) is 15.9 Å². The molecule has 2 atom stereocenters. The number of nitrogens with two attached hydrogens (primary N) is 1. The molecule has 7 heteroatoms. The van der Waals surface area contributed by atoms with Crippen molar-refractivity contribution in [1.82, 2.24) is 4.72 Å². The Labute approximate surface area is 143 Å². The molecular formula is C17H25N3O3S. The first-order chi connectivity index (χ1) is 11.4. The van der Waals surface area contributed by atoms with E-state index in [-0.39, 0.29) is 22.8 Å². The van der Waals surface area contributed by atoms with Crippen LogP contribution < -0.4 is 15.4 Å². The lowest BCUT2D eigenvalue weighted by molar-refractivity contribution is -0.116. The largest absolute Gasteiger partial charge is 0.330 e. The quantitative estimate of drug-likeness (QED) is 0.857. The molecule has 6 nitrogen and oxygen atoms in total. The van der Waals surface area contributed by atoms with E-state index in [2.05, 4.69) is 4.72 Å². The van der Waals surface area contributed by atoms with Crippen molar-refractivity contribution in [2.45, 2.75) is 50.0 Å². The fraction of sp³-hybridized carbons (Fsp3) is 0.588. The number of rotatable bonds is 4. The highest BCUT2D eigenvalue weighted by atomic mass is 32.2. The first-order valence-corrected chi connectivity index (χ1v) is 10.0. The van der Waals surface area contributed by atoms with Gasteiger partial charge in [-0.1, -0.05) is 12.5 Å². The third-order valence-electron chi connectivity index (χ3n) is 5.13. The molecule has 1 aromatic rings. The third-order valence-corrected chi connectivity index (χ3v) is 6.62. The van der Waals surface area contributed by atoms with Gasteiger partial charge in [0, 0.05) is 25.2 Å². The number of hydrogen-bond acceptors (Lipinski definition) is 4. The summed E-state index contributed by atoms with van der Waals surface area (Å²) >= 11 is 0. The zero-order valence-electron chi connectivity index (χ0n) is 14.0. The lowest BCUT2D eigenvalue weighted by Crippen LogP contribution is -2.40. The Kier molecular flexibility index (Phi) is 4.94. The Bertz CT molecular complexity index is 733. The summed E-state index contributed by atoms with van der Waals surface area (Å²) in [6, 6.07) is 5.00. The van der Waals surface area contributed by atoms with E-state index in [4.69, 9.17) is 5.73 Å². The van der Waals surface area contributed by atoms with Crippen LogP contribution in [0, 0.1) is 5.92 Å². The number of nitrogens with zero attached hydrogens (tertiary/aromatic N) is 1. The second-order valence-electron chi connectivity index (χ2n) is 6.72. The minimum absolute atomic E-state index is 0.0579. The topological polar surface area (TPSA) is 92.5 Å². The number of anilines is 1. The van der Waals surface area contributed by atoms with Crippen molar-refractivity contribution >= 4 is 21.6 Å². The summed E-state index contributed by atoms with van der Waals surface area (Å²) in [4.78, 5) is 13.7. The number of fused-ring (bicyclic) bond motifs is 1. The van der Waals surface area contributed by atoms with Crippen LogP contribution in [0.3, 0.4) is 0 Å². The van der Waals surface area contributed by atoms with Crippen molar-refractivity contribution in [3.63, 3.8) is 0 Å². The van der Waals surface area contributed by atoms with E-state index in [1.165, 1.54) is 6.92 Å². The summed E-state index contributed by atoms with van der Waals surface area (Å²) < 4.78 is 28.3. The number of aryl methyl sites for hydroxylation is 1. The van der Waals surface area contributed by atoms with E-state index in [9.17, 15) is 13.2 Å². The summed E-state index contributed by atoms with van der Waals surface area (Å²) in [6.45, 7) is 2.64. The van der Waals surface area contributed by atoms with E-state index >= 15 is 0 Å². The minimum atomic E-state index is -3.61. The smallest absolute Gasteiger partial charge is 0.240 e. The van der Waals surface area contributed by atoms with Crippen LogP contribution >= 0.6 is 0 Å². The summed E-state index contributed by atoms with van der Waals surface area (Å²) in [5.74, 6) is 0.142. The van der Waals surface area contributed by atoms with Crippen LogP contribution in [0.4, 0.5) is 5.69 Å². The first-order valence-electron chi connectivity index (χ1n) is 8.56. The maximum Gasteiger partial charge on any atom is 0.240 e. The number of amides is 1. The Balaban J connectivity index is 1.89. The Morgan fingerprint density at radius 1 is 1.33 bits per heavy atom. The van der Waals surface area contributed by atoms with Crippen molar-refractivity contribution in [2.24, 2.45) is 11.7 Å². The van der Waals surface area contributed by atoms with E-state index < -0.39 is 10.0 Å². The zero-order chi connectivity index (χ0) is 17.3. The van der Waals surface area contributed by atoms with Gasteiger partial charge in [-0.25, -0.2) is 13.1 Å². The van der Waals surface area contributed by atoms with Crippen LogP contribution in [0.25, 0.3) is 0 Å². The fourth-order valence-corrected chi connectivity index (χ4v) is 5.15. The second-order valence-corrected chi connectivity index (χ2v) is 8.43. The number of benzene rings is 1. The van der Waals surface area contributed by atoms with Gasteiger partial charge in [0.1, 0.15) is 0 Å². The molecule has 3 N–H and O–H groups in total. The fourth-order valence-electron chi connectivity index (χ4n) is 3.79. The predicted molar refractivity (Wildman–Crippen MR) is 93.3 cm³/mol. The molecule has 1 aromatic carbocycles. The monoisotopic (exact) mass is 351 g/mol. The molecule has 0 aromatic heterocycles. The average molecular weight is 351 g/mol. The number of hydrogen-bond donors (Lipinski definition) is 2. The van der Waals surface area contributed by atoms with Gasteiger partial charge >= 0.3 is 0 Å². The van der Waals surface area contributed by atoms with Crippen LogP contribution in [0.2, 0.25) is 0 Å². The van der Waals surface area contributed by atoms with Gasteiger partial charge in [0.05, 0.1) is 4.90 Å². The Hall–Kier alpha value is -1.44. The lowest BCUT2D eigenvalue weighted by atomic mass is 10.0. The van der Waals surface area contributed by atoms with E-state index in [1.807, 2.05) is 6.07 Å². The van der Waals surface area contributed by atoms with E-state index in [0.717, 1.165) is 43.4 Å². The lowest BCUT2D eigenvalue weighted by Gasteiger charge is -2.29. The van der Waals surface area contributed by atoms with Crippen LogP contribution in [0.15, 0.2) is 23.1 Å². The molecule has 2 aliphatic rings. The van der Waals surface area contributed by atoms with E-state index in [1.54, 1.807) is 17.0 Å². The number of nitrogens with one attached hydrogen (secondary N) is 1. The maximum atomic E-state index is 12.8. The molecule has 1 amide bonds. The molecule has 1 aliphatic heterocycles. The summed E-state index contributed by atoms with van der Waals surface area (Å²) in [5.41, 5.74) is 7.49. The Morgan fingerprint density at radius 3 is 2.83 bits per heavy atom. The third kappa shape index (κ3) is 3.34. The van der Waals surface area contributed by atoms with E-state index in [0.29, 0.717) is 13.1 Å². The molecule has 1 saturated carbocycles. The highest BCUT2D eigenvalue weighted by Gasteiger charge is 2.31. The molecule has 1 fully saturated rings. The highest BCUT2D eigenvalue weighted by Crippen LogP contribution is 2.31. The van der Waals surface area contributed by atoms with Gasteiger partial charge in [-0.05, 0) is 55.8 Å². The summed E-state index contributed by atoms with van der Waals surface area (Å²) in [5, 5.41) is 0. The summed E-state index contributed by atoms with van der Waals surface area (Å²) in [7, 11) is -3.61. The number of sulfonamides is 1. The Morgan fingerprint density at radius 2 is 2.12 bits per heavy atom. The average Bonchev–Trinajstić information content (AvgIpc) is 3.00. The molecule has 0 radical (unpaired) electrons. The van der Waals surface area contributed by atoms with Gasteiger partial charge < -0.3 is 10.6 Å². The standard InChI is InChI=1S/C17H25N3O3S/c1-12(21)20-9-3-5-13-7-8-15(10-17(13)20)24(22,23)19-16-6-2-4-14(16)11-18/h7-8,10,14,16,19H,2-6,9,11,18H2,1H3/t14-,16+/m0/s1. The van der Waals surface area contributed by atoms with Crippen molar-refractivity contribution in [1.29, 1.82) is 0 Å². The van der Waals surface area contributed by atoms with Crippen LogP contribution in [-0.4, -0.2) is 33.5 Å². The molecule has 132 valence electrons. The van der Waals surface area contributed by atoms with Gasteiger partial charge in [-0.3, -0.25) is 4.79 Å². The molecule has 3 rings (SSSR count). The predicted octanol–water partition coefficient (Wildman–Crippen LogP) is 1.39. The van der Waals surface area contributed by atoms with Crippen molar-refractivity contribution in [3.05, 3.63) is 23.8 Å². The molecule has 0 bridgehead atoms.